The lowest BCUT2D eigenvalue weighted by Gasteiger charge is -2.14. The maximum Gasteiger partial charge on any atom is 0.149 e. The van der Waals surface area contributed by atoms with Crippen LogP contribution in [0.25, 0.3) is 0 Å². The van der Waals surface area contributed by atoms with Gasteiger partial charge in [-0.15, -0.1) is 21.5 Å². The second-order valence-electron chi connectivity index (χ2n) is 5.25. The number of fused-ring (bicyclic) bond motifs is 1. The number of hydrogen-bond donors (Lipinski definition) is 1. The van der Waals surface area contributed by atoms with Gasteiger partial charge in [-0.05, 0) is 31.9 Å². The smallest absolute Gasteiger partial charge is 0.149 e. The fourth-order valence-electron chi connectivity index (χ4n) is 2.62. The Bertz CT molecular complexity index is 577. The monoisotopic (exact) mass is 310 g/mol. The predicted octanol–water partition coefficient (Wildman–Crippen LogP) is 3.57. The molecule has 0 fully saturated rings. The first-order valence-electron chi connectivity index (χ1n) is 7.13. The molecular formula is C14H19ClN4S. The van der Waals surface area contributed by atoms with Crippen molar-refractivity contribution in [3.63, 3.8) is 0 Å². The lowest BCUT2D eigenvalue weighted by Crippen LogP contribution is -2.22. The summed E-state index contributed by atoms with van der Waals surface area (Å²) in [6, 6.07) is 4.21. The second kappa shape index (κ2) is 6.24. The predicted molar refractivity (Wildman–Crippen MR) is 82.2 cm³/mol. The number of aromatic nitrogens is 3. The Kier molecular flexibility index (Phi) is 4.38. The summed E-state index contributed by atoms with van der Waals surface area (Å²) in [5.41, 5.74) is 0. The minimum atomic E-state index is 0.204. The van der Waals surface area contributed by atoms with E-state index >= 15 is 0 Å². The van der Waals surface area contributed by atoms with Gasteiger partial charge in [0, 0.05) is 24.4 Å². The van der Waals surface area contributed by atoms with E-state index in [-0.39, 0.29) is 6.04 Å². The van der Waals surface area contributed by atoms with Crippen LogP contribution in [0, 0.1) is 0 Å². The molecule has 4 nitrogen and oxygen atoms in total. The SMILES string of the molecule is CC(NCc1ccc(Cl)s1)c1nnc2n1CCCCC2. The van der Waals surface area contributed by atoms with Crippen LogP contribution in [0.2, 0.25) is 4.34 Å². The zero-order valence-corrected chi connectivity index (χ0v) is 13.2. The molecule has 1 aliphatic heterocycles. The van der Waals surface area contributed by atoms with Crippen molar-refractivity contribution >= 4 is 22.9 Å². The van der Waals surface area contributed by atoms with Crippen molar-refractivity contribution in [1.29, 1.82) is 0 Å². The molecule has 0 spiro atoms. The normalized spacial score (nSPS) is 16.7. The summed E-state index contributed by atoms with van der Waals surface area (Å²) in [6.07, 6.45) is 4.80. The quantitative estimate of drug-likeness (QED) is 0.938. The van der Waals surface area contributed by atoms with E-state index in [4.69, 9.17) is 11.6 Å². The van der Waals surface area contributed by atoms with Crippen LogP contribution in [-0.4, -0.2) is 14.8 Å². The summed E-state index contributed by atoms with van der Waals surface area (Å²) in [5.74, 6) is 2.20. The van der Waals surface area contributed by atoms with Gasteiger partial charge in [0.25, 0.3) is 0 Å². The van der Waals surface area contributed by atoms with Crippen molar-refractivity contribution in [3.05, 3.63) is 33.0 Å². The zero-order chi connectivity index (χ0) is 13.9. The minimum absolute atomic E-state index is 0.204. The molecule has 108 valence electrons. The van der Waals surface area contributed by atoms with Gasteiger partial charge in [-0.3, -0.25) is 0 Å². The summed E-state index contributed by atoms with van der Waals surface area (Å²) in [5, 5.41) is 12.2. The van der Waals surface area contributed by atoms with Gasteiger partial charge in [0.1, 0.15) is 11.6 Å². The number of halogens is 1. The zero-order valence-electron chi connectivity index (χ0n) is 11.6. The van der Waals surface area contributed by atoms with Crippen LogP contribution < -0.4 is 5.32 Å². The van der Waals surface area contributed by atoms with E-state index < -0.39 is 0 Å². The molecule has 0 saturated heterocycles. The topological polar surface area (TPSA) is 42.7 Å². The number of rotatable bonds is 4. The van der Waals surface area contributed by atoms with E-state index in [1.807, 2.05) is 6.07 Å². The van der Waals surface area contributed by atoms with Crippen molar-refractivity contribution in [1.82, 2.24) is 20.1 Å². The van der Waals surface area contributed by atoms with Crippen molar-refractivity contribution in [2.75, 3.05) is 0 Å². The molecular weight excluding hydrogens is 292 g/mol. The summed E-state index contributed by atoms with van der Waals surface area (Å²) in [7, 11) is 0. The average molecular weight is 311 g/mol. The van der Waals surface area contributed by atoms with Crippen molar-refractivity contribution in [3.8, 4) is 0 Å². The van der Waals surface area contributed by atoms with Gasteiger partial charge in [0.05, 0.1) is 10.4 Å². The summed E-state index contributed by atoms with van der Waals surface area (Å²) >= 11 is 7.57. The number of hydrogen-bond acceptors (Lipinski definition) is 4. The Labute approximate surface area is 128 Å². The van der Waals surface area contributed by atoms with Crippen LogP contribution in [0.3, 0.4) is 0 Å². The maximum absolute atomic E-state index is 5.95. The molecule has 6 heteroatoms. The van der Waals surface area contributed by atoms with Crippen LogP contribution >= 0.6 is 22.9 Å². The van der Waals surface area contributed by atoms with Gasteiger partial charge < -0.3 is 9.88 Å². The second-order valence-corrected chi connectivity index (χ2v) is 7.04. The van der Waals surface area contributed by atoms with E-state index in [1.54, 1.807) is 11.3 Å². The molecule has 1 unspecified atom stereocenters. The Morgan fingerprint density at radius 3 is 3.05 bits per heavy atom. The van der Waals surface area contributed by atoms with Crippen molar-refractivity contribution < 1.29 is 0 Å². The largest absolute Gasteiger partial charge is 0.314 e. The van der Waals surface area contributed by atoms with Gasteiger partial charge >= 0.3 is 0 Å². The molecule has 0 aliphatic carbocycles. The van der Waals surface area contributed by atoms with Crippen LogP contribution in [-0.2, 0) is 19.5 Å². The summed E-state index contributed by atoms with van der Waals surface area (Å²) in [4.78, 5) is 1.25. The maximum atomic E-state index is 5.95. The summed E-state index contributed by atoms with van der Waals surface area (Å²) in [6.45, 7) is 4.02. The first kappa shape index (κ1) is 14.0. The fourth-order valence-corrected chi connectivity index (χ4v) is 3.66. The Hall–Kier alpha value is -0.910. The Morgan fingerprint density at radius 1 is 1.35 bits per heavy atom. The lowest BCUT2D eigenvalue weighted by molar-refractivity contribution is 0.504. The van der Waals surface area contributed by atoms with Gasteiger partial charge in [-0.25, -0.2) is 0 Å². The van der Waals surface area contributed by atoms with Crippen LogP contribution in [0.5, 0.6) is 0 Å². The highest BCUT2D eigenvalue weighted by atomic mass is 35.5. The summed E-state index contributed by atoms with van der Waals surface area (Å²) < 4.78 is 3.14. The Morgan fingerprint density at radius 2 is 2.25 bits per heavy atom. The number of nitrogens with zero attached hydrogens (tertiary/aromatic N) is 3. The third-order valence-corrected chi connectivity index (χ3v) is 4.97. The number of nitrogens with one attached hydrogen (secondary N) is 1. The highest BCUT2D eigenvalue weighted by Gasteiger charge is 2.18. The van der Waals surface area contributed by atoms with Crippen LogP contribution in [0.1, 0.15) is 48.8 Å². The molecule has 2 aromatic rings. The minimum Gasteiger partial charge on any atom is -0.314 e. The third kappa shape index (κ3) is 3.05. The average Bonchev–Trinajstić information content (AvgIpc) is 2.96. The van der Waals surface area contributed by atoms with E-state index in [0.717, 1.165) is 35.5 Å². The standard InChI is InChI=1S/C14H19ClN4S/c1-10(16-9-11-6-7-12(15)20-11)14-18-17-13-5-3-2-4-8-19(13)14/h6-7,10,16H,2-5,8-9H2,1H3. The molecule has 3 rings (SSSR count). The molecule has 1 aliphatic rings. The first-order valence-corrected chi connectivity index (χ1v) is 8.33. The highest BCUT2D eigenvalue weighted by molar-refractivity contribution is 7.16. The molecule has 1 N–H and O–H groups in total. The molecule has 0 aromatic carbocycles. The van der Waals surface area contributed by atoms with Gasteiger partial charge in [-0.2, -0.15) is 0 Å². The first-order chi connectivity index (χ1) is 9.74. The van der Waals surface area contributed by atoms with Crippen LogP contribution in [0.4, 0.5) is 0 Å². The van der Waals surface area contributed by atoms with Crippen molar-refractivity contribution in [2.45, 2.75) is 51.7 Å². The fraction of sp³-hybridized carbons (Fsp3) is 0.571. The molecule has 20 heavy (non-hydrogen) atoms. The lowest BCUT2D eigenvalue weighted by atomic mass is 10.2. The van der Waals surface area contributed by atoms with E-state index in [1.165, 1.54) is 24.1 Å². The van der Waals surface area contributed by atoms with E-state index in [2.05, 4.69) is 33.1 Å². The van der Waals surface area contributed by atoms with E-state index in [9.17, 15) is 0 Å². The van der Waals surface area contributed by atoms with Gasteiger partial charge in [0.15, 0.2) is 0 Å². The molecule has 3 heterocycles. The highest BCUT2D eigenvalue weighted by Crippen LogP contribution is 2.23. The number of thiophene rings is 1. The molecule has 1 atom stereocenters. The van der Waals surface area contributed by atoms with Gasteiger partial charge in [0.2, 0.25) is 0 Å². The molecule has 0 radical (unpaired) electrons. The Balaban J connectivity index is 1.68. The molecule has 0 amide bonds. The van der Waals surface area contributed by atoms with Crippen molar-refractivity contribution in [2.24, 2.45) is 0 Å². The third-order valence-electron chi connectivity index (χ3n) is 3.74. The number of aryl methyl sites for hydroxylation is 1. The van der Waals surface area contributed by atoms with E-state index in [0.29, 0.717) is 0 Å². The van der Waals surface area contributed by atoms with Crippen LogP contribution in [0.15, 0.2) is 12.1 Å². The molecule has 2 aromatic heterocycles. The molecule has 0 bridgehead atoms. The molecule has 0 saturated carbocycles. The van der Waals surface area contributed by atoms with Gasteiger partial charge in [-0.1, -0.05) is 18.0 Å².